The minimum absolute atomic E-state index is 0.129. The first-order valence-corrected chi connectivity index (χ1v) is 6.22. The number of nitrogens with zero attached hydrogens (tertiary/aromatic N) is 1. The maximum atomic E-state index is 11.9. The molecule has 0 saturated heterocycles. The van der Waals surface area contributed by atoms with Gasteiger partial charge in [-0.1, -0.05) is 12.1 Å². The van der Waals surface area contributed by atoms with Gasteiger partial charge in [0.1, 0.15) is 5.00 Å². The molecule has 0 aliphatic rings. The van der Waals surface area contributed by atoms with E-state index in [1.807, 2.05) is 31.2 Å². The molecule has 1 aromatic heterocycles. The zero-order chi connectivity index (χ0) is 11.5. The maximum absolute atomic E-state index is 11.9. The number of carbonyl (C=O) groups is 1. The molecule has 0 saturated carbocycles. The first kappa shape index (κ1) is 11.3. The number of amides is 1. The number of benzene rings is 1. The zero-order valence-corrected chi connectivity index (χ0v) is 10.9. The van der Waals surface area contributed by atoms with Crippen molar-refractivity contribution in [1.29, 1.82) is 0 Å². The molecule has 0 radical (unpaired) electrons. The SMILES string of the molecule is Cc1cc(NC(=O)c2ccccc2Br)sn1. The highest BCUT2D eigenvalue weighted by Gasteiger charge is 2.10. The number of nitrogens with one attached hydrogen (secondary N) is 1. The van der Waals surface area contributed by atoms with Crippen LogP contribution in [0.2, 0.25) is 0 Å². The summed E-state index contributed by atoms with van der Waals surface area (Å²) in [5.74, 6) is -0.129. The Morgan fingerprint density at radius 1 is 1.44 bits per heavy atom. The largest absolute Gasteiger partial charge is 0.312 e. The molecule has 0 aliphatic heterocycles. The summed E-state index contributed by atoms with van der Waals surface area (Å²) in [6.45, 7) is 1.89. The molecule has 0 unspecified atom stereocenters. The van der Waals surface area contributed by atoms with Crippen molar-refractivity contribution >= 4 is 38.4 Å². The second-order valence-electron chi connectivity index (χ2n) is 3.27. The van der Waals surface area contributed by atoms with Gasteiger partial charge in [-0.05, 0) is 52.6 Å². The van der Waals surface area contributed by atoms with E-state index >= 15 is 0 Å². The van der Waals surface area contributed by atoms with Gasteiger partial charge in [0.25, 0.3) is 5.91 Å². The van der Waals surface area contributed by atoms with E-state index in [9.17, 15) is 4.79 Å². The predicted octanol–water partition coefficient (Wildman–Crippen LogP) is 3.47. The third-order valence-electron chi connectivity index (χ3n) is 1.98. The van der Waals surface area contributed by atoms with Gasteiger partial charge in [0.2, 0.25) is 0 Å². The van der Waals surface area contributed by atoms with Gasteiger partial charge in [0.15, 0.2) is 0 Å². The van der Waals surface area contributed by atoms with E-state index in [0.717, 1.165) is 15.2 Å². The first-order chi connectivity index (χ1) is 7.66. The lowest BCUT2D eigenvalue weighted by atomic mass is 10.2. The van der Waals surface area contributed by atoms with Crippen LogP contribution < -0.4 is 5.32 Å². The Morgan fingerprint density at radius 2 is 2.19 bits per heavy atom. The van der Waals surface area contributed by atoms with Crippen molar-refractivity contribution < 1.29 is 4.79 Å². The van der Waals surface area contributed by atoms with Crippen molar-refractivity contribution in [2.24, 2.45) is 0 Å². The summed E-state index contributed by atoms with van der Waals surface area (Å²) in [6, 6.07) is 9.16. The second-order valence-corrected chi connectivity index (χ2v) is 4.93. The number of halogens is 1. The standard InChI is InChI=1S/C11H9BrN2OS/c1-7-6-10(16-14-7)13-11(15)8-4-2-3-5-9(8)12/h2-6H,1H3,(H,13,15). The van der Waals surface area contributed by atoms with Crippen LogP contribution in [0.5, 0.6) is 0 Å². The first-order valence-electron chi connectivity index (χ1n) is 4.66. The minimum atomic E-state index is -0.129. The van der Waals surface area contributed by atoms with Gasteiger partial charge in [0.05, 0.1) is 11.3 Å². The van der Waals surface area contributed by atoms with Crippen LogP contribution in [-0.4, -0.2) is 10.3 Å². The van der Waals surface area contributed by atoms with Gasteiger partial charge in [-0.2, -0.15) is 4.37 Å². The second kappa shape index (κ2) is 4.76. The molecule has 1 amide bonds. The molecule has 0 aliphatic carbocycles. The third-order valence-corrected chi connectivity index (χ3v) is 3.47. The molecule has 5 heteroatoms. The van der Waals surface area contributed by atoms with E-state index in [1.54, 1.807) is 6.07 Å². The maximum Gasteiger partial charge on any atom is 0.257 e. The molecule has 0 spiro atoms. The Labute approximate surface area is 106 Å². The number of rotatable bonds is 2. The normalized spacial score (nSPS) is 10.1. The summed E-state index contributed by atoms with van der Waals surface area (Å²) in [7, 11) is 0. The van der Waals surface area contributed by atoms with Crippen molar-refractivity contribution in [3.63, 3.8) is 0 Å². The Bertz CT molecular complexity index is 524. The van der Waals surface area contributed by atoms with Crippen LogP contribution in [0.3, 0.4) is 0 Å². The van der Waals surface area contributed by atoms with Crippen molar-refractivity contribution in [3.8, 4) is 0 Å². The highest BCUT2D eigenvalue weighted by Crippen LogP contribution is 2.20. The molecule has 82 valence electrons. The van der Waals surface area contributed by atoms with Gasteiger partial charge >= 0.3 is 0 Å². The van der Waals surface area contributed by atoms with Crippen LogP contribution in [0.15, 0.2) is 34.8 Å². The summed E-state index contributed by atoms with van der Waals surface area (Å²) >= 11 is 4.62. The number of anilines is 1. The van der Waals surface area contributed by atoms with E-state index in [4.69, 9.17) is 0 Å². The van der Waals surface area contributed by atoms with Crippen LogP contribution >= 0.6 is 27.5 Å². The molecular formula is C11H9BrN2OS. The molecule has 0 bridgehead atoms. The molecule has 0 fully saturated rings. The molecule has 2 aromatic rings. The third kappa shape index (κ3) is 2.48. The van der Waals surface area contributed by atoms with Crippen molar-refractivity contribution in [2.45, 2.75) is 6.92 Å². The highest BCUT2D eigenvalue weighted by atomic mass is 79.9. The lowest BCUT2D eigenvalue weighted by Gasteiger charge is -2.03. The quantitative estimate of drug-likeness (QED) is 0.922. The van der Waals surface area contributed by atoms with Crippen molar-refractivity contribution in [1.82, 2.24) is 4.37 Å². The predicted molar refractivity (Wildman–Crippen MR) is 68.9 cm³/mol. The summed E-state index contributed by atoms with van der Waals surface area (Å²) in [4.78, 5) is 11.9. The Balaban J connectivity index is 2.18. The average molecular weight is 297 g/mol. The lowest BCUT2D eigenvalue weighted by Crippen LogP contribution is -2.11. The fourth-order valence-corrected chi connectivity index (χ4v) is 2.37. The van der Waals surface area contributed by atoms with Gasteiger partial charge in [-0.25, -0.2) is 0 Å². The van der Waals surface area contributed by atoms with Crippen LogP contribution in [0.1, 0.15) is 16.1 Å². The summed E-state index contributed by atoms with van der Waals surface area (Å²) in [6.07, 6.45) is 0. The van der Waals surface area contributed by atoms with E-state index in [0.29, 0.717) is 5.56 Å². The summed E-state index contributed by atoms with van der Waals surface area (Å²) < 4.78 is 4.89. The number of hydrogen-bond donors (Lipinski definition) is 1. The van der Waals surface area contributed by atoms with Gasteiger partial charge in [-0.15, -0.1) is 0 Å². The smallest absolute Gasteiger partial charge is 0.257 e. The molecular weight excluding hydrogens is 288 g/mol. The molecule has 2 rings (SSSR count). The van der Waals surface area contributed by atoms with Gasteiger partial charge < -0.3 is 5.32 Å². The van der Waals surface area contributed by atoms with E-state index in [-0.39, 0.29) is 5.91 Å². The van der Waals surface area contributed by atoms with E-state index in [2.05, 4.69) is 25.6 Å². The molecule has 1 N–H and O–H groups in total. The molecule has 1 aromatic carbocycles. The molecule has 0 atom stereocenters. The van der Waals surface area contributed by atoms with Crippen LogP contribution in [0, 0.1) is 6.92 Å². The van der Waals surface area contributed by atoms with Crippen LogP contribution in [0.4, 0.5) is 5.00 Å². The minimum Gasteiger partial charge on any atom is -0.312 e. The molecule has 3 nitrogen and oxygen atoms in total. The summed E-state index contributed by atoms with van der Waals surface area (Å²) in [5.41, 5.74) is 1.53. The van der Waals surface area contributed by atoms with Crippen molar-refractivity contribution in [2.75, 3.05) is 5.32 Å². The Hall–Kier alpha value is -1.20. The number of hydrogen-bond acceptors (Lipinski definition) is 3. The average Bonchev–Trinajstić information content (AvgIpc) is 2.64. The van der Waals surface area contributed by atoms with Crippen LogP contribution in [-0.2, 0) is 0 Å². The molecule has 1 heterocycles. The fraction of sp³-hybridized carbons (Fsp3) is 0.0909. The lowest BCUT2D eigenvalue weighted by molar-refractivity contribution is 0.102. The number of aromatic nitrogens is 1. The Kier molecular flexibility index (Phi) is 3.36. The zero-order valence-electron chi connectivity index (χ0n) is 8.53. The van der Waals surface area contributed by atoms with Crippen molar-refractivity contribution in [3.05, 3.63) is 46.1 Å². The van der Waals surface area contributed by atoms with Crippen LogP contribution in [0.25, 0.3) is 0 Å². The highest BCUT2D eigenvalue weighted by molar-refractivity contribution is 9.10. The van der Waals surface area contributed by atoms with E-state index in [1.165, 1.54) is 11.5 Å². The van der Waals surface area contributed by atoms with E-state index < -0.39 is 0 Å². The fourth-order valence-electron chi connectivity index (χ4n) is 1.25. The topological polar surface area (TPSA) is 42.0 Å². The summed E-state index contributed by atoms with van der Waals surface area (Å²) in [5, 5.41) is 3.57. The van der Waals surface area contributed by atoms with Gasteiger partial charge in [0, 0.05) is 4.47 Å². The van der Waals surface area contributed by atoms with Gasteiger partial charge in [-0.3, -0.25) is 4.79 Å². The number of carbonyl (C=O) groups excluding carboxylic acids is 1. The monoisotopic (exact) mass is 296 g/mol. The number of aryl methyl sites for hydroxylation is 1. The molecule has 16 heavy (non-hydrogen) atoms. The Morgan fingerprint density at radius 3 is 2.81 bits per heavy atom.